The molecule has 0 fully saturated rings. The van der Waals surface area contributed by atoms with Gasteiger partial charge in [-0.05, 0) is 29.8 Å². The molecule has 0 aromatic heterocycles. The first-order valence-electron chi connectivity index (χ1n) is 5.98. The van der Waals surface area contributed by atoms with Crippen LogP contribution in [0.2, 0.25) is 18.1 Å². The third-order valence-corrected chi connectivity index (χ3v) is 7.79. The normalized spacial score (nSPS) is 12.3. The minimum Gasteiger partial charge on any atom is -0.543 e. The monoisotopic (exact) mass is 250 g/mol. The molecule has 0 amide bonds. The predicted molar refractivity (Wildman–Crippen MR) is 74.0 cm³/mol. The van der Waals surface area contributed by atoms with Gasteiger partial charge in [-0.3, -0.25) is 0 Å². The van der Waals surface area contributed by atoms with Crippen LogP contribution in [0, 0.1) is 0 Å². The van der Waals surface area contributed by atoms with Gasteiger partial charge in [0.15, 0.2) is 0 Å². The Bertz CT molecular complexity index is 391. The average Bonchev–Trinajstić information content (AvgIpc) is 2.19. The topological polar surface area (TPSA) is 26.3 Å². The van der Waals surface area contributed by atoms with Crippen molar-refractivity contribution in [1.29, 1.82) is 0 Å². The first kappa shape index (κ1) is 14.0. The quantitative estimate of drug-likeness (QED) is 0.600. The zero-order chi connectivity index (χ0) is 13.1. The third-order valence-electron chi connectivity index (χ3n) is 3.45. The maximum atomic E-state index is 10.6. The molecule has 0 atom stereocenters. The fourth-order valence-corrected chi connectivity index (χ4v) is 2.34. The summed E-state index contributed by atoms with van der Waals surface area (Å²) in [6.07, 6.45) is 1.35. The van der Waals surface area contributed by atoms with Gasteiger partial charge >= 0.3 is 0 Å². The van der Waals surface area contributed by atoms with Crippen molar-refractivity contribution in [1.82, 2.24) is 0 Å². The molecule has 1 rings (SSSR count). The molecule has 0 aliphatic carbocycles. The lowest BCUT2D eigenvalue weighted by molar-refractivity contribution is -0.107. The van der Waals surface area contributed by atoms with Crippen LogP contribution in [0.4, 0.5) is 0 Å². The number of para-hydroxylation sites is 1. The molecular formula is C14H22O2Si. The van der Waals surface area contributed by atoms with Crippen molar-refractivity contribution in [2.45, 2.75) is 45.3 Å². The van der Waals surface area contributed by atoms with E-state index in [1.54, 1.807) is 0 Å². The fraction of sp³-hybridized carbons (Fsp3) is 0.500. The Kier molecular flexibility index (Phi) is 4.15. The van der Waals surface area contributed by atoms with Crippen molar-refractivity contribution < 1.29 is 9.22 Å². The summed E-state index contributed by atoms with van der Waals surface area (Å²) in [5.41, 5.74) is 0.979. The standard InChI is InChI=1S/C14H22O2Si/c1-14(2,3)17(4,5)16-13-9-7-6-8-12(13)10-11-15/h6-9,11H,10H2,1-5H3. The Labute approximate surface area is 105 Å². The highest BCUT2D eigenvalue weighted by Gasteiger charge is 2.39. The van der Waals surface area contributed by atoms with E-state index in [0.29, 0.717) is 6.42 Å². The SMILES string of the molecule is CC(C)(C)[Si](C)(C)Oc1ccccc1CC=O. The zero-order valence-corrected chi connectivity index (χ0v) is 12.4. The van der Waals surface area contributed by atoms with Crippen LogP contribution < -0.4 is 4.43 Å². The van der Waals surface area contributed by atoms with E-state index >= 15 is 0 Å². The van der Waals surface area contributed by atoms with Crippen molar-refractivity contribution in [2.75, 3.05) is 0 Å². The summed E-state index contributed by atoms with van der Waals surface area (Å²) in [4.78, 5) is 10.6. The van der Waals surface area contributed by atoms with Crippen LogP contribution >= 0.6 is 0 Å². The molecule has 0 aliphatic heterocycles. The summed E-state index contributed by atoms with van der Waals surface area (Å²) in [7, 11) is -1.82. The lowest BCUT2D eigenvalue weighted by atomic mass is 10.1. The maximum Gasteiger partial charge on any atom is 0.250 e. The highest BCUT2D eigenvalue weighted by Crippen LogP contribution is 2.38. The second-order valence-electron chi connectivity index (χ2n) is 5.84. The van der Waals surface area contributed by atoms with Gasteiger partial charge in [0.05, 0.1) is 0 Å². The molecule has 1 aromatic carbocycles. The van der Waals surface area contributed by atoms with Crippen LogP contribution in [0.3, 0.4) is 0 Å². The molecule has 0 unspecified atom stereocenters. The van der Waals surface area contributed by atoms with E-state index in [2.05, 4.69) is 33.9 Å². The lowest BCUT2D eigenvalue weighted by Gasteiger charge is -2.37. The van der Waals surface area contributed by atoms with E-state index in [1.807, 2.05) is 24.3 Å². The van der Waals surface area contributed by atoms with E-state index < -0.39 is 8.32 Å². The minimum atomic E-state index is -1.82. The van der Waals surface area contributed by atoms with E-state index in [1.165, 1.54) is 0 Å². The van der Waals surface area contributed by atoms with E-state index in [0.717, 1.165) is 17.6 Å². The second kappa shape index (κ2) is 5.04. The van der Waals surface area contributed by atoms with Gasteiger partial charge in [0.25, 0.3) is 0 Å². The van der Waals surface area contributed by atoms with Gasteiger partial charge in [0.2, 0.25) is 8.32 Å². The summed E-state index contributed by atoms with van der Waals surface area (Å²) in [5.74, 6) is 0.867. The van der Waals surface area contributed by atoms with Gasteiger partial charge in [0, 0.05) is 6.42 Å². The first-order valence-corrected chi connectivity index (χ1v) is 8.89. The number of benzene rings is 1. The molecule has 0 spiro atoms. The Morgan fingerprint density at radius 1 is 1.24 bits per heavy atom. The number of carbonyl (C=O) groups is 1. The number of rotatable bonds is 4. The molecule has 0 heterocycles. The molecule has 3 heteroatoms. The van der Waals surface area contributed by atoms with Gasteiger partial charge < -0.3 is 9.22 Å². The number of hydrogen-bond acceptors (Lipinski definition) is 2. The van der Waals surface area contributed by atoms with Gasteiger partial charge in [-0.15, -0.1) is 0 Å². The molecule has 0 N–H and O–H groups in total. The predicted octanol–water partition coefficient (Wildman–Crippen LogP) is 3.81. The first-order chi connectivity index (χ1) is 7.78. The Morgan fingerprint density at radius 3 is 2.35 bits per heavy atom. The van der Waals surface area contributed by atoms with Crippen LogP contribution in [-0.4, -0.2) is 14.6 Å². The molecule has 94 valence electrons. The summed E-state index contributed by atoms with van der Waals surface area (Å²) >= 11 is 0. The van der Waals surface area contributed by atoms with Gasteiger partial charge in [-0.25, -0.2) is 0 Å². The Morgan fingerprint density at radius 2 is 1.82 bits per heavy atom. The van der Waals surface area contributed by atoms with Crippen molar-refractivity contribution in [2.24, 2.45) is 0 Å². The van der Waals surface area contributed by atoms with Crippen LogP contribution in [0.5, 0.6) is 5.75 Å². The highest BCUT2D eigenvalue weighted by molar-refractivity contribution is 6.74. The Balaban J connectivity index is 2.99. The summed E-state index contributed by atoms with van der Waals surface area (Å²) in [6, 6.07) is 7.81. The highest BCUT2D eigenvalue weighted by atomic mass is 28.4. The maximum absolute atomic E-state index is 10.6. The molecule has 0 bridgehead atoms. The molecule has 17 heavy (non-hydrogen) atoms. The molecular weight excluding hydrogens is 228 g/mol. The third kappa shape index (κ3) is 3.43. The molecule has 0 saturated heterocycles. The van der Waals surface area contributed by atoms with Crippen LogP contribution in [0.1, 0.15) is 26.3 Å². The van der Waals surface area contributed by atoms with Crippen molar-refractivity contribution in [3.8, 4) is 5.75 Å². The second-order valence-corrected chi connectivity index (χ2v) is 10.6. The molecule has 1 aromatic rings. The van der Waals surface area contributed by atoms with Crippen molar-refractivity contribution >= 4 is 14.6 Å². The van der Waals surface area contributed by atoms with Gasteiger partial charge in [0.1, 0.15) is 12.0 Å². The minimum absolute atomic E-state index is 0.168. The van der Waals surface area contributed by atoms with E-state index in [9.17, 15) is 4.79 Å². The lowest BCUT2D eigenvalue weighted by Crippen LogP contribution is -2.44. The van der Waals surface area contributed by atoms with E-state index in [-0.39, 0.29) is 5.04 Å². The fourth-order valence-electron chi connectivity index (χ4n) is 1.29. The molecule has 0 radical (unpaired) electrons. The number of carbonyl (C=O) groups excluding carboxylic acids is 1. The van der Waals surface area contributed by atoms with Crippen LogP contribution in [0.15, 0.2) is 24.3 Å². The van der Waals surface area contributed by atoms with Crippen LogP contribution in [-0.2, 0) is 11.2 Å². The van der Waals surface area contributed by atoms with Crippen molar-refractivity contribution in [3.05, 3.63) is 29.8 Å². The largest absolute Gasteiger partial charge is 0.543 e. The summed E-state index contributed by atoms with van der Waals surface area (Å²) < 4.78 is 6.23. The average molecular weight is 250 g/mol. The van der Waals surface area contributed by atoms with Gasteiger partial charge in [-0.2, -0.15) is 0 Å². The molecule has 2 nitrogen and oxygen atoms in total. The number of aldehydes is 1. The Hall–Kier alpha value is -1.09. The molecule has 0 aliphatic rings. The van der Waals surface area contributed by atoms with E-state index in [4.69, 9.17) is 4.43 Å². The zero-order valence-electron chi connectivity index (χ0n) is 11.4. The summed E-state index contributed by atoms with van der Waals surface area (Å²) in [5, 5.41) is 0.168. The summed E-state index contributed by atoms with van der Waals surface area (Å²) in [6.45, 7) is 11.1. The smallest absolute Gasteiger partial charge is 0.250 e. The van der Waals surface area contributed by atoms with Crippen molar-refractivity contribution in [3.63, 3.8) is 0 Å². The van der Waals surface area contributed by atoms with Crippen LogP contribution in [0.25, 0.3) is 0 Å². The number of hydrogen-bond donors (Lipinski definition) is 0. The van der Waals surface area contributed by atoms with Gasteiger partial charge in [-0.1, -0.05) is 39.0 Å². The molecule has 0 saturated carbocycles.